The highest BCUT2D eigenvalue weighted by Gasteiger charge is 2.15. The second kappa shape index (κ2) is 6.73. The highest BCUT2D eigenvalue weighted by Crippen LogP contribution is 2.35. The first-order valence-corrected chi connectivity index (χ1v) is 10.1. The van der Waals surface area contributed by atoms with Gasteiger partial charge in [0.2, 0.25) is 0 Å². The van der Waals surface area contributed by atoms with E-state index in [1.807, 2.05) is 30.3 Å². The van der Waals surface area contributed by atoms with E-state index >= 15 is 0 Å². The largest absolute Gasteiger partial charge is 0.294 e. The molecule has 2 aromatic heterocycles. The normalized spacial score (nSPS) is 11.3. The summed E-state index contributed by atoms with van der Waals surface area (Å²) in [6, 6.07) is 22.7. The Morgan fingerprint density at radius 2 is 1.71 bits per heavy atom. The minimum Gasteiger partial charge on any atom is -0.294 e. The minimum atomic E-state index is 0.0115. The molecule has 28 heavy (non-hydrogen) atoms. The fourth-order valence-electron chi connectivity index (χ4n) is 3.71. The van der Waals surface area contributed by atoms with Gasteiger partial charge in [-0.25, -0.2) is 4.98 Å². The molecule has 0 N–H and O–H groups in total. The van der Waals surface area contributed by atoms with Crippen molar-refractivity contribution >= 4 is 32.3 Å². The monoisotopic (exact) mass is 382 g/mol. The van der Waals surface area contributed by atoms with Gasteiger partial charge in [-0.1, -0.05) is 66.7 Å². The third kappa shape index (κ3) is 2.74. The molecule has 0 amide bonds. The highest BCUT2D eigenvalue weighted by molar-refractivity contribution is 7.17. The van der Waals surface area contributed by atoms with E-state index in [1.54, 1.807) is 10.9 Å². The summed E-state index contributed by atoms with van der Waals surface area (Å²) >= 11 is 1.53. The van der Waals surface area contributed by atoms with Crippen LogP contribution >= 0.6 is 11.3 Å². The van der Waals surface area contributed by atoms with Crippen molar-refractivity contribution < 1.29 is 0 Å². The average Bonchev–Trinajstić information content (AvgIpc) is 3.16. The van der Waals surface area contributed by atoms with Crippen molar-refractivity contribution in [1.29, 1.82) is 0 Å². The van der Waals surface area contributed by atoms with E-state index in [1.165, 1.54) is 22.3 Å². The Hall–Kier alpha value is -3.24. The second-order valence-electron chi connectivity index (χ2n) is 6.96. The number of rotatable bonds is 3. The highest BCUT2D eigenvalue weighted by atomic mass is 32.1. The van der Waals surface area contributed by atoms with Crippen molar-refractivity contribution in [3.8, 4) is 11.1 Å². The molecule has 0 radical (unpaired) electrons. The molecule has 136 valence electrons. The Balaban J connectivity index is 1.71. The van der Waals surface area contributed by atoms with Crippen LogP contribution in [-0.4, -0.2) is 9.55 Å². The predicted molar refractivity (Wildman–Crippen MR) is 117 cm³/mol. The smallest absolute Gasteiger partial charge is 0.263 e. The SMILES string of the molecule is Cc1ccccc1Cn1cnc2scc(-c3cccc4ccccc34)c2c1=O. The third-order valence-corrected chi connectivity index (χ3v) is 6.13. The number of benzene rings is 3. The van der Waals surface area contributed by atoms with Crippen LogP contribution in [-0.2, 0) is 6.54 Å². The average molecular weight is 382 g/mol. The molecule has 0 aliphatic carbocycles. The quantitative estimate of drug-likeness (QED) is 0.405. The van der Waals surface area contributed by atoms with Crippen molar-refractivity contribution in [2.24, 2.45) is 0 Å². The van der Waals surface area contributed by atoms with Crippen molar-refractivity contribution in [3.05, 3.63) is 99.9 Å². The molecule has 0 saturated heterocycles. The summed E-state index contributed by atoms with van der Waals surface area (Å²) in [6.45, 7) is 2.59. The van der Waals surface area contributed by atoms with Crippen molar-refractivity contribution in [2.45, 2.75) is 13.5 Å². The Morgan fingerprint density at radius 1 is 0.929 bits per heavy atom. The maximum atomic E-state index is 13.4. The van der Waals surface area contributed by atoms with E-state index in [2.05, 4.69) is 53.7 Å². The van der Waals surface area contributed by atoms with Gasteiger partial charge in [0.05, 0.1) is 18.3 Å². The Labute approximate surface area is 166 Å². The Morgan fingerprint density at radius 3 is 2.61 bits per heavy atom. The van der Waals surface area contributed by atoms with Crippen molar-refractivity contribution in [1.82, 2.24) is 9.55 Å². The van der Waals surface area contributed by atoms with Crippen LogP contribution in [0.5, 0.6) is 0 Å². The number of aromatic nitrogens is 2. The molecule has 5 rings (SSSR count). The molecule has 2 heterocycles. The predicted octanol–water partition coefficient (Wildman–Crippen LogP) is 5.63. The van der Waals surface area contributed by atoms with Gasteiger partial charge in [-0.2, -0.15) is 0 Å². The first-order valence-electron chi connectivity index (χ1n) is 9.21. The van der Waals surface area contributed by atoms with Gasteiger partial charge in [0, 0.05) is 10.9 Å². The summed E-state index contributed by atoms with van der Waals surface area (Å²) < 4.78 is 1.71. The fraction of sp³-hybridized carbons (Fsp3) is 0.0833. The van der Waals surface area contributed by atoms with Crippen LogP contribution in [0.2, 0.25) is 0 Å². The zero-order chi connectivity index (χ0) is 19.1. The number of aryl methyl sites for hydroxylation is 1. The topological polar surface area (TPSA) is 34.9 Å². The summed E-state index contributed by atoms with van der Waals surface area (Å²) in [5.41, 5.74) is 4.37. The van der Waals surface area contributed by atoms with Crippen LogP contribution in [0.3, 0.4) is 0 Å². The number of fused-ring (bicyclic) bond motifs is 2. The lowest BCUT2D eigenvalue weighted by Gasteiger charge is -2.09. The molecule has 0 atom stereocenters. The molecular formula is C24H18N2OS. The van der Waals surface area contributed by atoms with E-state index in [-0.39, 0.29) is 5.56 Å². The maximum absolute atomic E-state index is 13.4. The van der Waals surface area contributed by atoms with Crippen LogP contribution in [0.15, 0.2) is 83.2 Å². The molecule has 3 nitrogen and oxygen atoms in total. The lowest BCUT2D eigenvalue weighted by molar-refractivity contribution is 0.745. The molecule has 0 bridgehead atoms. The van der Waals surface area contributed by atoms with E-state index < -0.39 is 0 Å². The van der Waals surface area contributed by atoms with Crippen LogP contribution < -0.4 is 5.56 Å². The van der Waals surface area contributed by atoms with E-state index in [4.69, 9.17) is 0 Å². The molecule has 5 aromatic rings. The van der Waals surface area contributed by atoms with E-state index in [0.29, 0.717) is 11.9 Å². The maximum Gasteiger partial charge on any atom is 0.263 e. The molecule has 0 unspecified atom stereocenters. The lowest BCUT2D eigenvalue weighted by Crippen LogP contribution is -2.21. The van der Waals surface area contributed by atoms with Crippen molar-refractivity contribution in [2.75, 3.05) is 0 Å². The zero-order valence-corrected chi connectivity index (χ0v) is 16.2. The number of hydrogen-bond acceptors (Lipinski definition) is 3. The molecule has 3 aromatic carbocycles. The van der Waals surface area contributed by atoms with Crippen LogP contribution in [0.1, 0.15) is 11.1 Å². The van der Waals surface area contributed by atoms with Gasteiger partial charge in [-0.05, 0) is 34.4 Å². The van der Waals surface area contributed by atoms with Gasteiger partial charge >= 0.3 is 0 Å². The van der Waals surface area contributed by atoms with Gasteiger partial charge in [0.15, 0.2) is 0 Å². The zero-order valence-electron chi connectivity index (χ0n) is 15.4. The fourth-order valence-corrected chi connectivity index (χ4v) is 4.61. The van der Waals surface area contributed by atoms with Gasteiger partial charge in [0.25, 0.3) is 5.56 Å². The standard InChI is InChI=1S/C24H18N2OS/c1-16-7-2-3-9-18(16)13-26-15-25-23-22(24(26)27)21(14-28-23)20-12-6-10-17-8-4-5-11-19(17)20/h2-12,14-15H,13H2,1H3. The van der Waals surface area contributed by atoms with Crippen LogP contribution in [0.25, 0.3) is 32.1 Å². The number of nitrogens with zero attached hydrogens (tertiary/aromatic N) is 2. The van der Waals surface area contributed by atoms with Gasteiger partial charge in [0.1, 0.15) is 4.83 Å². The Bertz CT molecular complexity index is 1380. The summed E-state index contributed by atoms with van der Waals surface area (Å²) in [5.74, 6) is 0. The first kappa shape index (κ1) is 16.9. The molecule has 0 fully saturated rings. The minimum absolute atomic E-state index is 0.0115. The third-order valence-electron chi connectivity index (χ3n) is 5.24. The van der Waals surface area contributed by atoms with E-state index in [0.717, 1.165) is 26.9 Å². The molecule has 0 saturated carbocycles. The molecule has 0 aliphatic rings. The molecule has 4 heteroatoms. The summed E-state index contributed by atoms with van der Waals surface area (Å²) in [6.07, 6.45) is 1.67. The van der Waals surface area contributed by atoms with Gasteiger partial charge in [-0.15, -0.1) is 11.3 Å². The van der Waals surface area contributed by atoms with E-state index in [9.17, 15) is 4.79 Å². The molecule has 0 spiro atoms. The molecule has 0 aliphatic heterocycles. The van der Waals surface area contributed by atoms with Gasteiger partial charge in [-0.3, -0.25) is 9.36 Å². The summed E-state index contributed by atoms with van der Waals surface area (Å²) in [7, 11) is 0. The summed E-state index contributed by atoms with van der Waals surface area (Å²) in [5, 5.41) is 5.08. The van der Waals surface area contributed by atoms with Crippen LogP contribution in [0.4, 0.5) is 0 Å². The number of hydrogen-bond donors (Lipinski definition) is 0. The number of thiophene rings is 1. The van der Waals surface area contributed by atoms with Gasteiger partial charge < -0.3 is 0 Å². The summed E-state index contributed by atoms with van der Waals surface area (Å²) in [4.78, 5) is 18.7. The first-order chi connectivity index (χ1) is 13.7. The second-order valence-corrected chi connectivity index (χ2v) is 7.82. The molecular weight excluding hydrogens is 364 g/mol. The van der Waals surface area contributed by atoms with Crippen molar-refractivity contribution in [3.63, 3.8) is 0 Å². The lowest BCUT2D eigenvalue weighted by atomic mass is 9.99. The Kier molecular flexibility index (Phi) is 4.06. The van der Waals surface area contributed by atoms with Crippen LogP contribution in [0, 0.1) is 6.92 Å².